The number of nitrogens with two attached hydrogens (primary N) is 1. The highest BCUT2D eigenvalue weighted by Gasteiger charge is 2.26. The smallest absolute Gasteiger partial charge is 0.335 e. The van der Waals surface area contributed by atoms with Crippen molar-refractivity contribution in [3.63, 3.8) is 0 Å². The summed E-state index contributed by atoms with van der Waals surface area (Å²) in [4.78, 5) is 42.7. The minimum atomic E-state index is -1.31. The topological polar surface area (TPSA) is 164 Å². The molecule has 0 amide bonds. The summed E-state index contributed by atoms with van der Waals surface area (Å²) in [5, 5.41) is 27.5. The van der Waals surface area contributed by atoms with E-state index in [0.29, 0.717) is 6.29 Å². The lowest BCUT2D eigenvalue weighted by molar-refractivity contribution is -0.384. The molecule has 0 saturated carbocycles. The van der Waals surface area contributed by atoms with Gasteiger partial charge in [0.15, 0.2) is 0 Å². The number of hydrogen-bond acceptors (Lipinski definition) is 7. The Morgan fingerprint density at radius 2 is 1.92 bits per heavy atom. The summed E-state index contributed by atoms with van der Waals surface area (Å²) in [6.07, 6.45) is 2.19. The number of aliphatic carboxylic acids is 1. The molecule has 1 fully saturated rings. The van der Waals surface area contributed by atoms with Gasteiger partial charge in [-0.3, -0.25) is 24.6 Å². The number of likely N-dealkylation sites (tertiary alicyclic amines) is 1. The Hall–Kier alpha value is -2.85. The third kappa shape index (κ3) is 7.06. The first kappa shape index (κ1) is 22.1. The van der Waals surface area contributed by atoms with Crippen molar-refractivity contribution in [3.05, 3.63) is 39.4 Å². The fourth-order valence-electron chi connectivity index (χ4n) is 2.15. The number of hydrogen-bond donors (Lipinski definition) is 3. The summed E-state index contributed by atoms with van der Waals surface area (Å²) in [7, 11) is 3.35. The molecule has 1 atom stereocenters. The van der Waals surface area contributed by atoms with E-state index in [1.807, 2.05) is 11.9 Å². The number of carboxylic acids is 2. The van der Waals surface area contributed by atoms with E-state index in [-0.39, 0.29) is 17.2 Å². The first-order chi connectivity index (χ1) is 11.8. The van der Waals surface area contributed by atoms with Gasteiger partial charge in [-0.2, -0.15) is 0 Å². The SMILES string of the molecule is CN.CN1CCCC1C(=O)O.O=Cc1cc(C(=O)O)cc([N+](=O)[O-])c1. The third-order valence-corrected chi connectivity index (χ3v) is 3.34. The van der Waals surface area contributed by atoms with Gasteiger partial charge in [-0.1, -0.05) is 0 Å². The number of likely N-dealkylation sites (N-methyl/N-ethyl adjacent to an activating group) is 1. The number of carbonyl (C=O) groups excluding carboxylic acids is 1. The average molecular weight is 355 g/mol. The summed E-state index contributed by atoms with van der Waals surface area (Å²) in [5.41, 5.74) is 3.78. The van der Waals surface area contributed by atoms with Gasteiger partial charge in [0.1, 0.15) is 12.3 Å². The van der Waals surface area contributed by atoms with E-state index in [0.717, 1.165) is 37.6 Å². The highest BCUT2D eigenvalue weighted by Crippen LogP contribution is 2.16. The van der Waals surface area contributed by atoms with Gasteiger partial charge in [0.05, 0.1) is 10.5 Å². The molecule has 2 rings (SSSR count). The normalized spacial score (nSPS) is 15.9. The number of nitro groups is 1. The van der Waals surface area contributed by atoms with E-state index in [1.165, 1.54) is 7.05 Å². The largest absolute Gasteiger partial charge is 0.480 e. The summed E-state index contributed by atoms with van der Waals surface area (Å²) in [6, 6.07) is 2.77. The van der Waals surface area contributed by atoms with Crippen LogP contribution in [0.25, 0.3) is 0 Å². The molecule has 1 unspecified atom stereocenters. The lowest BCUT2D eigenvalue weighted by Crippen LogP contribution is -2.32. The van der Waals surface area contributed by atoms with Crippen LogP contribution in [0.5, 0.6) is 0 Å². The van der Waals surface area contributed by atoms with Crippen molar-refractivity contribution in [3.8, 4) is 0 Å². The van der Waals surface area contributed by atoms with Crippen molar-refractivity contribution in [2.75, 3.05) is 20.6 Å². The first-order valence-electron chi connectivity index (χ1n) is 7.25. The number of carbonyl (C=O) groups is 3. The lowest BCUT2D eigenvalue weighted by atomic mass is 10.1. The molecular formula is C15H21N3O7. The van der Waals surface area contributed by atoms with Crippen molar-refractivity contribution in [2.24, 2.45) is 5.73 Å². The van der Waals surface area contributed by atoms with Crippen LogP contribution in [-0.2, 0) is 4.79 Å². The zero-order valence-corrected chi connectivity index (χ0v) is 13.9. The van der Waals surface area contributed by atoms with Gasteiger partial charge in [-0.05, 0) is 39.5 Å². The molecule has 0 spiro atoms. The van der Waals surface area contributed by atoms with E-state index in [4.69, 9.17) is 10.2 Å². The molecule has 1 aliphatic rings. The second-order valence-electron chi connectivity index (χ2n) is 4.97. The number of non-ortho nitro benzene ring substituents is 1. The van der Waals surface area contributed by atoms with Crippen LogP contribution in [0, 0.1) is 10.1 Å². The predicted octanol–water partition coefficient (Wildman–Crippen LogP) is 0.846. The molecule has 1 heterocycles. The quantitative estimate of drug-likeness (QED) is 0.403. The Labute approximate surface area is 144 Å². The number of nitrogens with zero attached hydrogens (tertiary/aromatic N) is 2. The van der Waals surface area contributed by atoms with Crippen molar-refractivity contribution >= 4 is 23.9 Å². The molecule has 10 nitrogen and oxygen atoms in total. The summed E-state index contributed by atoms with van der Waals surface area (Å²) < 4.78 is 0. The zero-order chi connectivity index (χ0) is 19.6. The zero-order valence-electron chi connectivity index (χ0n) is 13.9. The maximum Gasteiger partial charge on any atom is 0.335 e. The maximum atomic E-state index is 10.5. The highest BCUT2D eigenvalue weighted by molar-refractivity contribution is 5.91. The molecule has 0 aromatic heterocycles. The van der Waals surface area contributed by atoms with Gasteiger partial charge >= 0.3 is 11.9 Å². The van der Waals surface area contributed by atoms with Crippen LogP contribution in [0.3, 0.4) is 0 Å². The van der Waals surface area contributed by atoms with Crippen LogP contribution in [0.15, 0.2) is 18.2 Å². The van der Waals surface area contributed by atoms with Gasteiger partial charge in [0.25, 0.3) is 5.69 Å². The van der Waals surface area contributed by atoms with Gasteiger partial charge in [0.2, 0.25) is 0 Å². The fourth-order valence-corrected chi connectivity index (χ4v) is 2.15. The van der Waals surface area contributed by atoms with Crippen LogP contribution < -0.4 is 5.73 Å². The monoisotopic (exact) mass is 355 g/mol. The number of benzene rings is 1. The van der Waals surface area contributed by atoms with Gasteiger partial charge in [-0.15, -0.1) is 0 Å². The van der Waals surface area contributed by atoms with E-state index in [2.05, 4.69) is 5.73 Å². The number of nitro benzene ring substituents is 1. The summed E-state index contributed by atoms with van der Waals surface area (Å²) >= 11 is 0. The minimum absolute atomic E-state index is 0.0309. The van der Waals surface area contributed by atoms with Gasteiger partial charge < -0.3 is 15.9 Å². The van der Waals surface area contributed by atoms with Crippen molar-refractivity contribution < 1.29 is 29.5 Å². The number of aromatic carboxylic acids is 1. The molecular weight excluding hydrogens is 334 g/mol. The number of rotatable bonds is 4. The van der Waals surface area contributed by atoms with Crippen LogP contribution in [0.1, 0.15) is 33.6 Å². The van der Waals surface area contributed by atoms with E-state index < -0.39 is 22.5 Å². The molecule has 1 aromatic carbocycles. The van der Waals surface area contributed by atoms with Gasteiger partial charge in [0, 0.05) is 17.7 Å². The summed E-state index contributed by atoms with van der Waals surface area (Å²) in [5.74, 6) is -1.99. The van der Waals surface area contributed by atoms with Gasteiger partial charge in [-0.25, -0.2) is 4.79 Å². The second kappa shape index (κ2) is 10.8. The predicted molar refractivity (Wildman–Crippen MR) is 88.8 cm³/mol. The van der Waals surface area contributed by atoms with E-state index in [1.54, 1.807) is 0 Å². The molecule has 1 saturated heterocycles. The molecule has 25 heavy (non-hydrogen) atoms. The molecule has 0 aliphatic carbocycles. The molecule has 1 aliphatic heterocycles. The molecule has 138 valence electrons. The Kier molecular flexibility index (Phi) is 9.60. The average Bonchev–Trinajstić information content (AvgIpc) is 3.03. The fraction of sp³-hybridized carbons (Fsp3) is 0.400. The highest BCUT2D eigenvalue weighted by atomic mass is 16.6. The van der Waals surface area contributed by atoms with Crippen LogP contribution >= 0.6 is 0 Å². The molecule has 10 heteroatoms. The number of aldehydes is 1. The Balaban J connectivity index is 0.000000451. The minimum Gasteiger partial charge on any atom is -0.480 e. The first-order valence-corrected chi connectivity index (χ1v) is 7.25. The Bertz CT molecular complexity index is 601. The van der Waals surface area contributed by atoms with Crippen molar-refractivity contribution in [1.82, 2.24) is 4.90 Å². The van der Waals surface area contributed by atoms with Crippen molar-refractivity contribution in [1.29, 1.82) is 0 Å². The molecule has 1 aromatic rings. The Morgan fingerprint density at radius 3 is 2.24 bits per heavy atom. The van der Waals surface area contributed by atoms with Crippen molar-refractivity contribution in [2.45, 2.75) is 18.9 Å². The second-order valence-corrected chi connectivity index (χ2v) is 4.97. The standard InChI is InChI=1S/C8H5NO5.C6H11NO2.CH5N/c10-4-5-1-6(8(11)12)3-7(2-5)9(13)14;1-7-4-2-3-5(7)6(8)9;1-2/h1-4H,(H,11,12);5H,2-4H2,1H3,(H,8,9);2H2,1H3. The van der Waals surface area contributed by atoms with E-state index >= 15 is 0 Å². The van der Waals surface area contributed by atoms with E-state index in [9.17, 15) is 24.5 Å². The van der Waals surface area contributed by atoms with Crippen LogP contribution in [-0.4, -0.2) is 64.9 Å². The summed E-state index contributed by atoms with van der Waals surface area (Å²) in [6.45, 7) is 0.928. The molecule has 0 bridgehead atoms. The lowest BCUT2D eigenvalue weighted by Gasteiger charge is -2.13. The molecule has 0 radical (unpaired) electrons. The van der Waals surface area contributed by atoms with Crippen LogP contribution in [0.2, 0.25) is 0 Å². The third-order valence-electron chi connectivity index (χ3n) is 3.34. The molecule has 4 N–H and O–H groups in total. The Morgan fingerprint density at radius 1 is 1.32 bits per heavy atom. The number of carboxylic acid groups (broad SMARTS) is 2. The van der Waals surface area contributed by atoms with Crippen LogP contribution in [0.4, 0.5) is 5.69 Å². The maximum absolute atomic E-state index is 10.5.